The molecule has 2 aromatic rings. The van der Waals surface area contributed by atoms with E-state index >= 15 is 0 Å². The Bertz CT molecular complexity index is 1120. The summed E-state index contributed by atoms with van der Waals surface area (Å²) in [6.45, 7) is 1.80. The van der Waals surface area contributed by atoms with Crippen molar-refractivity contribution in [3.63, 3.8) is 0 Å². The van der Waals surface area contributed by atoms with Crippen LogP contribution in [0.1, 0.15) is 74.8 Å². The third-order valence-corrected chi connectivity index (χ3v) is 6.90. The molecule has 6 nitrogen and oxygen atoms in total. The molecule has 0 aromatic heterocycles. The molecule has 1 fully saturated rings. The number of likely N-dealkylation sites (N-methyl/N-ethyl adjacent to an activating group) is 1. The normalized spacial score (nSPS) is 19.7. The quantitative estimate of drug-likeness (QED) is 0.550. The Hall–Kier alpha value is -2.99. The van der Waals surface area contributed by atoms with Crippen LogP contribution in [-0.2, 0) is 9.53 Å². The van der Waals surface area contributed by atoms with Crippen LogP contribution in [0.3, 0.4) is 0 Å². The molecule has 0 heterocycles. The highest BCUT2D eigenvalue weighted by molar-refractivity contribution is 6.41. The van der Waals surface area contributed by atoms with Crippen molar-refractivity contribution < 1.29 is 23.9 Å². The number of rotatable bonds is 4. The predicted molar refractivity (Wildman–Crippen MR) is 119 cm³/mol. The van der Waals surface area contributed by atoms with Gasteiger partial charge in [0.05, 0.1) is 16.1 Å². The maximum Gasteiger partial charge on any atom is 0.340 e. The van der Waals surface area contributed by atoms with Gasteiger partial charge in [-0.3, -0.25) is 14.4 Å². The van der Waals surface area contributed by atoms with Crippen LogP contribution in [-0.4, -0.2) is 48.0 Å². The summed E-state index contributed by atoms with van der Waals surface area (Å²) in [6, 6.07) is 9.41. The first-order valence-corrected chi connectivity index (χ1v) is 11.1. The lowest BCUT2D eigenvalue weighted by Gasteiger charge is -2.33. The van der Waals surface area contributed by atoms with Crippen LogP contribution in [0.5, 0.6) is 0 Å². The summed E-state index contributed by atoms with van der Waals surface area (Å²) in [5.74, 6) is -1.17. The molecule has 2 aliphatic rings. The summed E-state index contributed by atoms with van der Waals surface area (Å²) in [5.41, 5.74) is 0.646. The van der Waals surface area contributed by atoms with E-state index in [1.54, 1.807) is 36.2 Å². The first-order chi connectivity index (χ1) is 15.3. The van der Waals surface area contributed by atoms with Crippen LogP contribution in [0, 0.1) is 5.92 Å². The lowest BCUT2D eigenvalue weighted by atomic mass is 9.83. The summed E-state index contributed by atoms with van der Waals surface area (Å²) < 4.78 is 5.22. The van der Waals surface area contributed by atoms with E-state index in [-0.39, 0.29) is 45.0 Å². The SMILES string of the molecule is CC1CCC(N(C)C(=O)COC(=O)c2ccc3c(c2Cl)C(=O)c2ccccc2C3=O)CC1. The summed E-state index contributed by atoms with van der Waals surface area (Å²) in [7, 11) is 1.73. The first-order valence-electron chi connectivity index (χ1n) is 10.7. The van der Waals surface area contributed by atoms with Crippen LogP contribution in [0.15, 0.2) is 36.4 Å². The molecule has 1 saturated carbocycles. The average molecular weight is 454 g/mol. The Labute approximate surface area is 191 Å². The van der Waals surface area contributed by atoms with Gasteiger partial charge < -0.3 is 9.64 Å². The molecule has 2 aromatic carbocycles. The zero-order valence-corrected chi connectivity index (χ0v) is 18.8. The number of nitrogens with zero attached hydrogens (tertiary/aromatic N) is 1. The Morgan fingerprint density at radius 1 is 0.969 bits per heavy atom. The maximum atomic E-state index is 13.0. The van der Waals surface area contributed by atoms with E-state index in [0.717, 1.165) is 25.7 Å². The van der Waals surface area contributed by atoms with Crippen molar-refractivity contribution in [3.05, 3.63) is 69.2 Å². The van der Waals surface area contributed by atoms with E-state index in [2.05, 4.69) is 6.92 Å². The molecule has 0 atom stereocenters. The van der Waals surface area contributed by atoms with E-state index in [0.29, 0.717) is 11.5 Å². The molecular weight excluding hydrogens is 430 g/mol. The van der Waals surface area contributed by atoms with Gasteiger partial charge in [-0.1, -0.05) is 42.8 Å². The number of esters is 1. The van der Waals surface area contributed by atoms with Crippen molar-refractivity contribution in [3.8, 4) is 0 Å². The Morgan fingerprint density at radius 3 is 2.25 bits per heavy atom. The summed E-state index contributed by atoms with van der Waals surface area (Å²) in [4.78, 5) is 52.6. The van der Waals surface area contributed by atoms with Gasteiger partial charge in [-0.2, -0.15) is 0 Å². The van der Waals surface area contributed by atoms with E-state index < -0.39 is 18.4 Å². The molecule has 4 rings (SSSR count). The van der Waals surface area contributed by atoms with Gasteiger partial charge >= 0.3 is 5.97 Å². The number of benzene rings is 2. The second-order valence-corrected chi connectivity index (χ2v) is 8.93. The third-order valence-electron chi connectivity index (χ3n) is 6.50. The molecule has 0 N–H and O–H groups in total. The highest BCUT2D eigenvalue weighted by atomic mass is 35.5. The number of fused-ring (bicyclic) bond motifs is 2. The van der Waals surface area contributed by atoms with Gasteiger partial charge in [0.2, 0.25) is 0 Å². The number of ketones is 2. The molecule has 1 amide bonds. The highest BCUT2D eigenvalue weighted by Crippen LogP contribution is 2.34. The fraction of sp³-hybridized carbons (Fsp3) is 0.360. The number of carbonyl (C=O) groups is 4. The van der Waals surface area contributed by atoms with Gasteiger partial charge in [-0.05, 0) is 43.7 Å². The molecule has 0 aliphatic heterocycles. The number of hydrogen-bond donors (Lipinski definition) is 0. The molecule has 32 heavy (non-hydrogen) atoms. The molecule has 2 aliphatic carbocycles. The third kappa shape index (κ3) is 3.95. The first kappa shape index (κ1) is 22.2. The number of carbonyl (C=O) groups excluding carboxylic acids is 4. The molecular formula is C25H24ClNO5. The Balaban J connectivity index is 1.49. The standard InChI is InChI=1S/C25H24ClNO5/c1-14-7-9-15(10-8-14)27(2)20(28)13-32-25(31)19-12-11-18-21(22(19)26)24(30)17-6-4-3-5-16(17)23(18)29/h3-6,11-12,14-15H,7-10,13H2,1-2H3. The van der Waals surface area contributed by atoms with E-state index in [4.69, 9.17) is 16.3 Å². The van der Waals surface area contributed by atoms with Crippen molar-refractivity contribution >= 4 is 35.0 Å². The van der Waals surface area contributed by atoms with Crippen LogP contribution < -0.4 is 0 Å². The van der Waals surface area contributed by atoms with E-state index in [1.807, 2.05) is 0 Å². The number of amides is 1. The van der Waals surface area contributed by atoms with Crippen LogP contribution in [0.25, 0.3) is 0 Å². The predicted octanol–water partition coefficient (Wildman–Crippen LogP) is 4.31. The Kier molecular flexibility index (Phi) is 6.15. The average Bonchev–Trinajstić information content (AvgIpc) is 2.80. The molecule has 0 unspecified atom stereocenters. The molecule has 166 valence electrons. The summed E-state index contributed by atoms with van der Waals surface area (Å²) >= 11 is 6.39. The summed E-state index contributed by atoms with van der Waals surface area (Å²) in [6.07, 6.45) is 4.02. The minimum atomic E-state index is -0.809. The van der Waals surface area contributed by atoms with Crippen molar-refractivity contribution in [1.82, 2.24) is 4.90 Å². The maximum absolute atomic E-state index is 13.0. The van der Waals surface area contributed by atoms with Crippen molar-refractivity contribution in [2.45, 2.75) is 38.6 Å². The van der Waals surface area contributed by atoms with Crippen LogP contribution >= 0.6 is 11.6 Å². The second-order valence-electron chi connectivity index (χ2n) is 8.55. The van der Waals surface area contributed by atoms with Gasteiger partial charge in [0.1, 0.15) is 0 Å². The second kappa shape index (κ2) is 8.87. The highest BCUT2D eigenvalue weighted by Gasteiger charge is 2.33. The lowest BCUT2D eigenvalue weighted by molar-refractivity contribution is -0.136. The van der Waals surface area contributed by atoms with E-state index in [1.165, 1.54) is 12.1 Å². The molecule has 0 saturated heterocycles. The smallest absolute Gasteiger partial charge is 0.340 e. The topological polar surface area (TPSA) is 80.8 Å². The van der Waals surface area contributed by atoms with Gasteiger partial charge in [-0.25, -0.2) is 4.79 Å². The summed E-state index contributed by atoms with van der Waals surface area (Å²) in [5, 5.41) is -0.137. The monoisotopic (exact) mass is 453 g/mol. The van der Waals surface area contributed by atoms with E-state index in [9.17, 15) is 19.2 Å². The number of halogens is 1. The van der Waals surface area contributed by atoms with Crippen LogP contribution in [0.4, 0.5) is 0 Å². The molecule has 7 heteroatoms. The Morgan fingerprint density at radius 2 is 1.59 bits per heavy atom. The van der Waals surface area contributed by atoms with Crippen molar-refractivity contribution in [2.75, 3.05) is 13.7 Å². The van der Waals surface area contributed by atoms with Gasteiger partial charge in [0.15, 0.2) is 18.2 Å². The molecule has 0 radical (unpaired) electrons. The fourth-order valence-electron chi connectivity index (χ4n) is 4.44. The number of ether oxygens (including phenoxy) is 1. The van der Waals surface area contributed by atoms with Crippen LogP contribution in [0.2, 0.25) is 5.02 Å². The largest absolute Gasteiger partial charge is 0.452 e. The minimum Gasteiger partial charge on any atom is -0.452 e. The van der Waals surface area contributed by atoms with Gasteiger partial charge in [-0.15, -0.1) is 0 Å². The number of hydrogen-bond acceptors (Lipinski definition) is 5. The molecule has 0 bridgehead atoms. The zero-order chi connectivity index (χ0) is 23.0. The molecule has 0 spiro atoms. The minimum absolute atomic E-state index is 0.00964. The zero-order valence-electron chi connectivity index (χ0n) is 18.0. The van der Waals surface area contributed by atoms with Crippen molar-refractivity contribution in [2.24, 2.45) is 5.92 Å². The van der Waals surface area contributed by atoms with Gasteiger partial charge in [0, 0.05) is 29.8 Å². The fourth-order valence-corrected chi connectivity index (χ4v) is 4.77. The van der Waals surface area contributed by atoms with Crippen molar-refractivity contribution in [1.29, 1.82) is 0 Å². The lowest BCUT2D eigenvalue weighted by Crippen LogP contribution is -2.41. The van der Waals surface area contributed by atoms with Gasteiger partial charge in [0.25, 0.3) is 5.91 Å².